The van der Waals surface area contributed by atoms with Crippen LogP contribution in [0.5, 0.6) is 5.75 Å². The quantitative estimate of drug-likeness (QED) is 0.421. The van der Waals surface area contributed by atoms with E-state index in [2.05, 4.69) is 44.6 Å². The lowest BCUT2D eigenvalue weighted by atomic mass is 9.83. The molecule has 8 nitrogen and oxygen atoms in total. The van der Waals surface area contributed by atoms with Gasteiger partial charge in [0.2, 0.25) is 5.95 Å². The molecule has 0 unspecified atom stereocenters. The molecular weight excluding hydrogens is 426 g/mol. The Labute approximate surface area is 196 Å². The molecule has 34 heavy (non-hydrogen) atoms. The maximum atomic E-state index is 6.68. The minimum Gasteiger partial charge on any atom is -0.485 e. The number of aryl methyl sites for hydroxylation is 1. The van der Waals surface area contributed by atoms with Crippen LogP contribution in [0.3, 0.4) is 0 Å². The lowest BCUT2D eigenvalue weighted by Gasteiger charge is -2.41. The van der Waals surface area contributed by atoms with Crippen LogP contribution in [-0.4, -0.2) is 43.3 Å². The molecule has 0 bridgehead atoms. The second-order valence-electron chi connectivity index (χ2n) is 9.30. The van der Waals surface area contributed by atoms with E-state index in [1.165, 1.54) is 0 Å². The summed E-state index contributed by atoms with van der Waals surface area (Å²) in [6.07, 6.45) is 7.36. The normalized spacial score (nSPS) is 19.1. The summed E-state index contributed by atoms with van der Waals surface area (Å²) >= 11 is 0. The Kier molecular flexibility index (Phi) is 4.05. The minimum absolute atomic E-state index is 0.105. The molecule has 2 aromatic carbocycles. The van der Waals surface area contributed by atoms with E-state index in [9.17, 15) is 0 Å². The molecule has 8 heteroatoms. The van der Waals surface area contributed by atoms with Gasteiger partial charge in [0.25, 0.3) is 0 Å². The van der Waals surface area contributed by atoms with Gasteiger partial charge in [0.15, 0.2) is 0 Å². The van der Waals surface area contributed by atoms with Crippen molar-refractivity contribution < 1.29 is 4.74 Å². The Balaban J connectivity index is 1.25. The van der Waals surface area contributed by atoms with Crippen molar-refractivity contribution in [1.29, 1.82) is 0 Å². The number of para-hydroxylation sites is 2. The topological polar surface area (TPSA) is 97.4 Å². The Morgan fingerprint density at radius 1 is 1.12 bits per heavy atom. The lowest BCUT2D eigenvalue weighted by molar-refractivity contribution is 0.0429. The number of rotatable bonds is 2. The number of hydrogen-bond acceptors (Lipinski definition) is 6. The standard InChI is InChI=1S/C26H25N7O/c1-16-21(19-7-4-5-17-15-29-31-22(17)19)24-28-11-14-33(24)25(30-16)32-12-9-26(10-13-32)23(27)18-6-2-3-8-20(18)34-26/h2-8,11,14-15,23H,9-10,12-13,27H2,1H3,(H,29,31)/t23-/m1/s1. The van der Waals surface area contributed by atoms with Crippen molar-refractivity contribution in [2.75, 3.05) is 18.0 Å². The number of nitrogens with two attached hydrogens (primary N) is 1. The summed E-state index contributed by atoms with van der Waals surface area (Å²) in [7, 11) is 0. The molecule has 1 atom stereocenters. The van der Waals surface area contributed by atoms with Gasteiger partial charge in [0.1, 0.15) is 17.0 Å². The molecule has 0 saturated carbocycles. The van der Waals surface area contributed by atoms with Crippen molar-refractivity contribution in [1.82, 2.24) is 24.6 Å². The van der Waals surface area contributed by atoms with Gasteiger partial charge in [0, 0.05) is 60.4 Å². The summed E-state index contributed by atoms with van der Waals surface area (Å²) in [4.78, 5) is 12.1. The van der Waals surface area contributed by atoms with Crippen LogP contribution >= 0.6 is 0 Å². The molecule has 3 aromatic heterocycles. The van der Waals surface area contributed by atoms with Gasteiger partial charge in [-0.25, -0.2) is 9.97 Å². The van der Waals surface area contributed by atoms with Crippen LogP contribution in [0.4, 0.5) is 5.95 Å². The van der Waals surface area contributed by atoms with Gasteiger partial charge < -0.3 is 15.4 Å². The number of benzene rings is 2. The zero-order chi connectivity index (χ0) is 22.9. The number of piperidine rings is 1. The summed E-state index contributed by atoms with van der Waals surface area (Å²) < 4.78 is 8.53. The van der Waals surface area contributed by atoms with Crippen molar-refractivity contribution in [2.24, 2.45) is 5.73 Å². The van der Waals surface area contributed by atoms with Crippen LogP contribution in [-0.2, 0) is 0 Å². The van der Waals surface area contributed by atoms with E-state index >= 15 is 0 Å². The highest BCUT2D eigenvalue weighted by molar-refractivity contribution is 5.97. The van der Waals surface area contributed by atoms with Crippen LogP contribution < -0.4 is 15.4 Å². The van der Waals surface area contributed by atoms with Crippen LogP contribution in [0.1, 0.15) is 30.1 Å². The molecule has 1 fully saturated rings. The first-order chi connectivity index (χ1) is 16.6. The summed E-state index contributed by atoms with van der Waals surface area (Å²) in [5.74, 6) is 1.83. The second-order valence-corrected chi connectivity index (χ2v) is 9.30. The highest BCUT2D eigenvalue weighted by Gasteiger charge is 2.48. The molecule has 5 heterocycles. The van der Waals surface area contributed by atoms with Gasteiger partial charge in [-0.1, -0.05) is 36.4 Å². The van der Waals surface area contributed by atoms with Crippen molar-refractivity contribution in [2.45, 2.75) is 31.4 Å². The molecule has 1 saturated heterocycles. The number of hydrogen-bond donors (Lipinski definition) is 2. The Hall–Kier alpha value is -3.91. The molecule has 2 aliphatic heterocycles. The number of ether oxygens (including phenoxy) is 1. The number of aromatic amines is 1. The largest absolute Gasteiger partial charge is 0.485 e. The number of H-pyrrole nitrogens is 1. The highest BCUT2D eigenvalue weighted by atomic mass is 16.5. The summed E-state index contributed by atoms with van der Waals surface area (Å²) in [5, 5.41) is 8.44. The number of aromatic nitrogens is 5. The maximum absolute atomic E-state index is 6.68. The van der Waals surface area contributed by atoms with E-state index < -0.39 is 0 Å². The van der Waals surface area contributed by atoms with Crippen molar-refractivity contribution in [3.8, 4) is 16.9 Å². The highest BCUT2D eigenvalue weighted by Crippen LogP contribution is 2.47. The molecular formula is C26H25N7O. The molecule has 7 rings (SSSR count). The zero-order valence-corrected chi connectivity index (χ0v) is 18.9. The molecule has 2 aliphatic rings. The molecule has 3 N–H and O–H groups in total. The van der Waals surface area contributed by atoms with E-state index in [4.69, 9.17) is 20.4 Å². The average molecular weight is 452 g/mol. The monoisotopic (exact) mass is 451 g/mol. The van der Waals surface area contributed by atoms with Crippen LogP contribution in [0.2, 0.25) is 0 Å². The number of fused-ring (bicyclic) bond motifs is 3. The van der Waals surface area contributed by atoms with E-state index in [-0.39, 0.29) is 11.6 Å². The van der Waals surface area contributed by atoms with Crippen molar-refractivity contribution >= 4 is 22.5 Å². The molecule has 0 aliphatic carbocycles. The SMILES string of the molecule is Cc1nc(N2CCC3(CC2)Oc2ccccc2[C@H]3N)n2ccnc2c1-c1cccc2cn[nH]c12. The molecule has 0 amide bonds. The average Bonchev–Trinajstić information content (AvgIpc) is 3.59. The molecule has 1 spiro atoms. The van der Waals surface area contributed by atoms with Gasteiger partial charge in [0.05, 0.1) is 23.4 Å². The fourth-order valence-electron chi connectivity index (χ4n) is 5.68. The van der Waals surface area contributed by atoms with E-state index in [0.717, 1.165) is 76.6 Å². The number of nitrogens with zero attached hydrogens (tertiary/aromatic N) is 5. The first-order valence-electron chi connectivity index (χ1n) is 11.7. The number of nitrogens with one attached hydrogen (secondary N) is 1. The van der Waals surface area contributed by atoms with Crippen LogP contribution in [0.25, 0.3) is 27.7 Å². The number of imidazole rings is 1. The smallest absolute Gasteiger partial charge is 0.211 e. The van der Waals surface area contributed by atoms with Crippen molar-refractivity contribution in [3.05, 3.63) is 72.3 Å². The fourth-order valence-corrected chi connectivity index (χ4v) is 5.68. The van der Waals surface area contributed by atoms with E-state index in [1.54, 1.807) is 0 Å². The third-order valence-electron chi connectivity index (χ3n) is 7.48. The molecule has 0 radical (unpaired) electrons. The lowest BCUT2D eigenvalue weighted by Crippen LogP contribution is -2.52. The Morgan fingerprint density at radius 2 is 1.97 bits per heavy atom. The third kappa shape index (κ3) is 2.66. The predicted octanol–water partition coefficient (Wildman–Crippen LogP) is 4.01. The molecule has 170 valence electrons. The van der Waals surface area contributed by atoms with Crippen molar-refractivity contribution in [3.63, 3.8) is 0 Å². The predicted molar refractivity (Wildman–Crippen MR) is 131 cm³/mol. The fraction of sp³-hybridized carbons (Fsp3) is 0.269. The van der Waals surface area contributed by atoms with Crippen LogP contribution in [0.15, 0.2) is 61.1 Å². The van der Waals surface area contributed by atoms with Gasteiger partial charge in [-0.05, 0) is 13.0 Å². The minimum atomic E-state index is -0.348. The summed E-state index contributed by atoms with van der Waals surface area (Å²) in [5.41, 5.74) is 12.4. The number of anilines is 1. The van der Waals surface area contributed by atoms with Gasteiger partial charge in [-0.3, -0.25) is 9.50 Å². The summed E-state index contributed by atoms with van der Waals surface area (Å²) in [6, 6.07) is 14.2. The molecule has 5 aromatic rings. The Bertz CT molecular complexity index is 1540. The van der Waals surface area contributed by atoms with E-state index in [1.807, 2.05) is 42.9 Å². The second kappa shape index (κ2) is 7.04. The van der Waals surface area contributed by atoms with Crippen LogP contribution in [0, 0.1) is 6.92 Å². The third-order valence-corrected chi connectivity index (χ3v) is 7.48. The zero-order valence-electron chi connectivity index (χ0n) is 18.9. The van der Waals surface area contributed by atoms with E-state index in [0.29, 0.717) is 0 Å². The van der Waals surface area contributed by atoms with Gasteiger partial charge >= 0.3 is 0 Å². The van der Waals surface area contributed by atoms with Gasteiger partial charge in [-0.15, -0.1) is 0 Å². The Morgan fingerprint density at radius 3 is 2.82 bits per heavy atom. The first-order valence-corrected chi connectivity index (χ1v) is 11.7. The van der Waals surface area contributed by atoms with Gasteiger partial charge in [-0.2, -0.15) is 5.10 Å². The maximum Gasteiger partial charge on any atom is 0.211 e. The summed E-state index contributed by atoms with van der Waals surface area (Å²) in [6.45, 7) is 3.69. The first kappa shape index (κ1) is 19.5.